The molecule has 1 aromatic rings. The van der Waals surface area contributed by atoms with Crippen molar-refractivity contribution in [1.82, 2.24) is 5.32 Å². The largest absolute Gasteiger partial charge is 0.465 e. The lowest BCUT2D eigenvalue weighted by molar-refractivity contribution is -0.149. The van der Waals surface area contributed by atoms with Gasteiger partial charge in [-0.1, -0.05) is 6.07 Å². The number of nitrogens with one attached hydrogen (secondary N) is 1. The van der Waals surface area contributed by atoms with Crippen LogP contribution in [-0.4, -0.2) is 25.7 Å². The first-order chi connectivity index (χ1) is 7.86. The molecule has 0 bridgehead atoms. The molecule has 1 fully saturated rings. The second kappa shape index (κ2) is 6.01. The lowest BCUT2D eigenvalue weighted by Crippen LogP contribution is -2.35. The summed E-state index contributed by atoms with van der Waals surface area (Å²) in [6.45, 7) is 2.31. The molecule has 1 aromatic heterocycles. The Kier molecular flexibility index (Phi) is 4.36. The van der Waals surface area contributed by atoms with Crippen LogP contribution in [-0.2, 0) is 16.0 Å². The molecular formula is C12H17NO2S. The molecule has 2 rings (SSSR count). The van der Waals surface area contributed by atoms with E-state index in [1.807, 2.05) is 11.4 Å². The number of thiophene rings is 1. The van der Waals surface area contributed by atoms with Crippen molar-refractivity contribution in [3.63, 3.8) is 0 Å². The van der Waals surface area contributed by atoms with Crippen molar-refractivity contribution in [2.24, 2.45) is 5.92 Å². The number of ether oxygens (including phenoxy) is 1. The number of rotatable bonds is 4. The molecule has 1 atom stereocenters. The van der Waals surface area contributed by atoms with E-state index in [0.717, 1.165) is 32.4 Å². The first-order valence-corrected chi connectivity index (χ1v) is 6.64. The average Bonchev–Trinajstić information content (AvgIpc) is 2.83. The van der Waals surface area contributed by atoms with Gasteiger partial charge in [0.1, 0.15) is 0 Å². The van der Waals surface area contributed by atoms with Crippen molar-refractivity contribution >= 4 is 17.3 Å². The highest BCUT2D eigenvalue weighted by Crippen LogP contribution is 2.13. The predicted molar refractivity (Wildman–Crippen MR) is 64.6 cm³/mol. The van der Waals surface area contributed by atoms with Gasteiger partial charge in [-0.15, -0.1) is 11.3 Å². The van der Waals surface area contributed by atoms with E-state index >= 15 is 0 Å². The highest BCUT2D eigenvalue weighted by atomic mass is 32.1. The van der Waals surface area contributed by atoms with E-state index in [4.69, 9.17) is 4.74 Å². The normalized spacial score (nSPS) is 20.6. The summed E-state index contributed by atoms with van der Waals surface area (Å²) in [6, 6.07) is 4.09. The minimum Gasteiger partial charge on any atom is -0.465 e. The van der Waals surface area contributed by atoms with Crippen LogP contribution in [0.2, 0.25) is 0 Å². The second-order valence-electron chi connectivity index (χ2n) is 4.04. The maximum absolute atomic E-state index is 11.7. The zero-order valence-corrected chi connectivity index (χ0v) is 10.1. The lowest BCUT2D eigenvalue weighted by Gasteiger charge is -2.20. The van der Waals surface area contributed by atoms with E-state index in [0.29, 0.717) is 6.61 Å². The van der Waals surface area contributed by atoms with Gasteiger partial charge >= 0.3 is 5.97 Å². The Morgan fingerprint density at radius 1 is 1.62 bits per heavy atom. The van der Waals surface area contributed by atoms with Gasteiger partial charge in [0.25, 0.3) is 0 Å². The van der Waals surface area contributed by atoms with Crippen LogP contribution in [0.5, 0.6) is 0 Å². The van der Waals surface area contributed by atoms with E-state index in [1.165, 1.54) is 4.88 Å². The molecule has 4 heteroatoms. The van der Waals surface area contributed by atoms with Gasteiger partial charge in [-0.05, 0) is 30.8 Å². The summed E-state index contributed by atoms with van der Waals surface area (Å²) in [5.41, 5.74) is 0. The Bertz CT molecular complexity index is 318. The van der Waals surface area contributed by atoms with Crippen LogP contribution in [0.25, 0.3) is 0 Å². The van der Waals surface area contributed by atoms with Crippen LogP contribution in [0.3, 0.4) is 0 Å². The predicted octanol–water partition coefficient (Wildman–Crippen LogP) is 1.83. The summed E-state index contributed by atoms with van der Waals surface area (Å²) < 4.78 is 5.28. The number of hydrogen-bond acceptors (Lipinski definition) is 4. The van der Waals surface area contributed by atoms with Crippen LogP contribution in [0.1, 0.15) is 17.7 Å². The number of carbonyl (C=O) groups is 1. The average molecular weight is 239 g/mol. The fraction of sp³-hybridized carbons (Fsp3) is 0.583. The van der Waals surface area contributed by atoms with Gasteiger partial charge in [-0.3, -0.25) is 4.79 Å². The number of piperidine rings is 1. The Morgan fingerprint density at radius 2 is 2.56 bits per heavy atom. The van der Waals surface area contributed by atoms with Crippen LogP contribution >= 0.6 is 11.3 Å². The smallest absolute Gasteiger partial charge is 0.310 e. The van der Waals surface area contributed by atoms with E-state index in [9.17, 15) is 4.79 Å². The summed E-state index contributed by atoms with van der Waals surface area (Å²) >= 11 is 1.71. The van der Waals surface area contributed by atoms with Gasteiger partial charge in [0.2, 0.25) is 0 Å². The van der Waals surface area contributed by atoms with Gasteiger partial charge in [-0.25, -0.2) is 0 Å². The summed E-state index contributed by atoms with van der Waals surface area (Å²) in [5.74, 6) is 0.0286. The van der Waals surface area contributed by atoms with E-state index in [2.05, 4.69) is 11.4 Å². The molecule has 1 saturated heterocycles. The number of carbonyl (C=O) groups excluding carboxylic acids is 1. The molecule has 1 aliphatic rings. The lowest BCUT2D eigenvalue weighted by atomic mass is 10.0. The van der Waals surface area contributed by atoms with E-state index < -0.39 is 0 Å². The van der Waals surface area contributed by atoms with Crippen LogP contribution in [0, 0.1) is 5.92 Å². The molecule has 16 heavy (non-hydrogen) atoms. The third kappa shape index (κ3) is 3.32. The van der Waals surface area contributed by atoms with E-state index in [1.54, 1.807) is 11.3 Å². The zero-order chi connectivity index (χ0) is 11.2. The Morgan fingerprint density at radius 3 is 3.25 bits per heavy atom. The third-order valence-electron chi connectivity index (χ3n) is 2.80. The van der Waals surface area contributed by atoms with Gasteiger partial charge in [-0.2, -0.15) is 0 Å². The van der Waals surface area contributed by atoms with Crippen molar-refractivity contribution in [2.75, 3.05) is 19.7 Å². The highest BCUT2D eigenvalue weighted by molar-refractivity contribution is 7.09. The zero-order valence-electron chi connectivity index (χ0n) is 9.28. The van der Waals surface area contributed by atoms with Gasteiger partial charge in [0, 0.05) is 17.8 Å². The first kappa shape index (κ1) is 11.6. The first-order valence-electron chi connectivity index (χ1n) is 5.76. The molecule has 2 heterocycles. The summed E-state index contributed by atoms with van der Waals surface area (Å²) in [6.07, 6.45) is 2.87. The molecular weight excluding hydrogens is 222 g/mol. The van der Waals surface area contributed by atoms with Gasteiger partial charge in [0.15, 0.2) is 0 Å². The van der Waals surface area contributed by atoms with Crippen LogP contribution in [0.15, 0.2) is 17.5 Å². The standard InChI is InChI=1S/C12H17NO2S/c14-12(10-3-1-6-13-9-10)15-7-5-11-4-2-8-16-11/h2,4,8,10,13H,1,3,5-7,9H2. The maximum Gasteiger partial charge on any atom is 0.310 e. The fourth-order valence-corrected chi connectivity index (χ4v) is 2.57. The van der Waals surface area contributed by atoms with E-state index in [-0.39, 0.29) is 11.9 Å². The third-order valence-corrected chi connectivity index (χ3v) is 3.74. The summed E-state index contributed by atoms with van der Waals surface area (Å²) in [5, 5.41) is 5.26. The van der Waals surface area contributed by atoms with Crippen molar-refractivity contribution in [3.05, 3.63) is 22.4 Å². The monoisotopic (exact) mass is 239 g/mol. The molecule has 1 N–H and O–H groups in total. The van der Waals surface area contributed by atoms with Gasteiger partial charge < -0.3 is 10.1 Å². The molecule has 0 saturated carbocycles. The number of hydrogen-bond donors (Lipinski definition) is 1. The van der Waals surface area contributed by atoms with Crippen molar-refractivity contribution in [2.45, 2.75) is 19.3 Å². The molecule has 88 valence electrons. The molecule has 0 radical (unpaired) electrons. The molecule has 0 spiro atoms. The minimum atomic E-state index is -0.0382. The maximum atomic E-state index is 11.7. The van der Waals surface area contributed by atoms with Crippen LogP contribution < -0.4 is 5.32 Å². The van der Waals surface area contributed by atoms with Crippen molar-refractivity contribution < 1.29 is 9.53 Å². The Hall–Kier alpha value is -0.870. The van der Waals surface area contributed by atoms with Gasteiger partial charge in [0.05, 0.1) is 12.5 Å². The SMILES string of the molecule is O=C(OCCc1cccs1)C1CCCNC1. The molecule has 1 unspecified atom stereocenters. The Labute approximate surface area is 99.8 Å². The molecule has 3 nitrogen and oxygen atoms in total. The van der Waals surface area contributed by atoms with Crippen molar-refractivity contribution in [1.29, 1.82) is 0 Å². The molecule has 0 aromatic carbocycles. The molecule has 1 aliphatic heterocycles. The quantitative estimate of drug-likeness (QED) is 0.815. The minimum absolute atomic E-state index is 0.0382. The summed E-state index contributed by atoms with van der Waals surface area (Å²) in [7, 11) is 0. The highest BCUT2D eigenvalue weighted by Gasteiger charge is 2.21. The van der Waals surface area contributed by atoms with Crippen molar-refractivity contribution in [3.8, 4) is 0 Å². The molecule has 0 amide bonds. The van der Waals surface area contributed by atoms with Crippen LogP contribution in [0.4, 0.5) is 0 Å². The molecule has 0 aliphatic carbocycles. The second-order valence-corrected chi connectivity index (χ2v) is 5.07. The number of esters is 1. The Balaban J connectivity index is 1.67. The summed E-state index contributed by atoms with van der Waals surface area (Å²) in [4.78, 5) is 12.9. The topological polar surface area (TPSA) is 38.3 Å². The fourth-order valence-electron chi connectivity index (χ4n) is 1.88.